The van der Waals surface area contributed by atoms with Crippen LogP contribution in [0.25, 0.3) is 0 Å². The molecular formula is C21H28N2O. The molecule has 3 nitrogen and oxygen atoms in total. The molecule has 1 saturated carbocycles. The molecule has 0 heterocycles. The predicted octanol–water partition coefficient (Wildman–Crippen LogP) is 5.65. The second-order valence-corrected chi connectivity index (χ2v) is 5.97. The van der Waals surface area contributed by atoms with Gasteiger partial charge in [0, 0.05) is 22.9 Å². The minimum absolute atomic E-state index is 0.582. The van der Waals surface area contributed by atoms with Crippen LogP contribution in [0.15, 0.2) is 59.4 Å². The molecule has 2 rings (SSSR count). The Balaban J connectivity index is 2.32. The van der Waals surface area contributed by atoms with Crippen LogP contribution in [0.4, 0.5) is 5.69 Å². The summed E-state index contributed by atoms with van der Waals surface area (Å²) in [7, 11) is 1.70. The van der Waals surface area contributed by atoms with Crippen molar-refractivity contribution < 1.29 is 4.74 Å². The standard InChI is InChI=1S/C21H28N2O/c1-6-10-20(18(8-3)22-17(7-2)16-13-14-16)23-19-11-9-12-21(24-5)15(19)4/h7-12,16,23H,2,6,13-14H2,1,3-5H3/b18-8-,20-10+,22-17+. The average Bonchev–Trinajstić information content (AvgIpc) is 3.42. The predicted molar refractivity (Wildman–Crippen MR) is 104 cm³/mol. The second-order valence-electron chi connectivity index (χ2n) is 5.97. The number of nitrogens with one attached hydrogen (secondary N) is 1. The molecule has 0 atom stereocenters. The summed E-state index contributed by atoms with van der Waals surface area (Å²) in [4.78, 5) is 4.86. The molecule has 1 aliphatic rings. The summed E-state index contributed by atoms with van der Waals surface area (Å²) in [6, 6.07) is 6.03. The minimum atomic E-state index is 0.582. The van der Waals surface area contributed by atoms with E-state index in [1.807, 2.05) is 25.1 Å². The van der Waals surface area contributed by atoms with Crippen LogP contribution in [-0.4, -0.2) is 12.8 Å². The van der Waals surface area contributed by atoms with E-state index in [1.165, 1.54) is 12.8 Å². The lowest BCUT2D eigenvalue weighted by molar-refractivity contribution is 0.412. The zero-order valence-corrected chi connectivity index (χ0v) is 15.2. The number of methoxy groups -OCH3 is 1. The minimum Gasteiger partial charge on any atom is -0.496 e. The Morgan fingerprint density at radius 1 is 1.42 bits per heavy atom. The maximum atomic E-state index is 5.42. The van der Waals surface area contributed by atoms with Crippen LogP contribution in [0.3, 0.4) is 0 Å². The van der Waals surface area contributed by atoms with Gasteiger partial charge >= 0.3 is 0 Å². The molecule has 0 aliphatic heterocycles. The van der Waals surface area contributed by atoms with Gasteiger partial charge in [-0.1, -0.05) is 31.7 Å². The molecule has 0 radical (unpaired) electrons. The molecule has 0 bridgehead atoms. The number of benzene rings is 1. The number of anilines is 1. The van der Waals surface area contributed by atoms with E-state index in [-0.39, 0.29) is 0 Å². The van der Waals surface area contributed by atoms with Crippen molar-refractivity contribution >= 4 is 11.4 Å². The number of aliphatic imine (C=N–C) groups is 1. The van der Waals surface area contributed by atoms with Crippen molar-refractivity contribution in [2.45, 2.75) is 40.0 Å². The highest BCUT2D eigenvalue weighted by Crippen LogP contribution is 2.33. The van der Waals surface area contributed by atoms with Crippen molar-refractivity contribution in [1.82, 2.24) is 0 Å². The van der Waals surface area contributed by atoms with Crippen LogP contribution in [0.5, 0.6) is 5.75 Å². The summed E-state index contributed by atoms with van der Waals surface area (Å²) in [5, 5.41) is 3.53. The summed E-state index contributed by atoms with van der Waals surface area (Å²) in [5.41, 5.74) is 5.20. The summed E-state index contributed by atoms with van der Waals surface area (Å²) < 4.78 is 5.42. The highest BCUT2D eigenvalue weighted by molar-refractivity contribution is 5.99. The fourth-order valence-corrected chi connectivity index (χ4v) is 2.64. The zero-order chi connectivity index (χ0) is 17.5. The SMILES string of the molecule is C=C\C(=N/C(=C\C)C(=C\CC)/Nc1cccc(OC)c1C)C1CC1. The smallest absolute Gasteiger partial charge is 0.123 e. The van der Waals surface area contributed by atoms with Crippen molar-refractivity contribution in [2.24, 2.45) is 10.9 Å². The van der Waals surface area contributed by atoms with Gasteiger partial charge in [-0.15, -0.1) is 0 Å². The quantitative estimate of drug-likeness (QED) is 0.495. The molecule has 1 aromatic carbocycles. The molecule has 1 aliphatic carbocycles. The molecule has 0 saturated heterocycles. The highest BCUT2D eigenvalue weighted by Gasteiger charge is 2.26. The summed E-state index contributed by atoms with van der Waals surface area (Å²) in [5.74, 6) is 1.46. The number of rotatable bonds is 8. The van der Waals surface area contributed by atoms with Crippen molar-refractivity contribution in [3.05, 3.63) is 60.0 Å². The molecule has 1 fully saturated rings. The van der Waals surface area contributed by atoms with Gasteiger partial charge in [0.1, 0.15) is 5.75 Å². The molecule has 0 unspecified atom stereocenters. The number of nitrogens with zero attached hydrogens (tertiary/aromatic N) is 1. The van der Waals surface area contributed by atoms with Crippen molar-refractivity contribution in [3.8, 4) is 5.75 Å². The Bertz CT molecular complexity index is 679. The largest absolute Gasteiger partial charge is 0.496 e. The Labute approximate surface area is 145 Å². The van der Waals surface area contributed by atoms with E-state index in [0.717, 1.165) is 40.5 Å². The van der Waals surface area contributed by atoms with Crippen LogP contribution in [0.2, 0.25) is 0 Å². The molecule has 1 aromatic rings. The van der Waals surface area contributed by atoms with Crippen molar-refractivity contribution in [1.29, 1.82) is 0 Å². The molecule has 0 amide bonds. The second kappa shape index (κ2) is 8.53. The number of hydrogen-bond donors (Lipinski definition) is 1. The first-order valence-electron chi connectivity index (χ1n) is 8.63. The molecule has 0 spiro atoms. The monoisotopic (exact) mass is 324 g/mol. The van der Waals surface area contributed by atoms with Gasteiger partial charge in [-0.05, 0) is 51.3 Å². The topological polar surface area (TPSA) is 33.6 Å². The summed E-state index contributed by atoms with van der Waals surface area (Å²) in [6.07, 6.45) is 9.49. The van der Waals surface area contributed by atoms with E-state index in [1.54, 1.807) is 7.11 Å². The molecular weight excluding hydrogens is 296 g/mol. The molecule has 24 heavy (non-hydrogen) atoms. The maximum absolute atomic E-state index is 5.42. The Morgan fingerprint density at radius 3 is 2.71 bits per heavy atom. The van der Waals surface area contributed by atoms with Gasteiger partial charge in [0.05, 0.1) is 18.5 Å². The summed E-state index contributed by atoms with van der Waals surface area (Å²) >= 11 is 0. The Kier molecular flexibility index (Phi) is 6.42. The normalized spacial score (nSPS) is 16.1. The van der Waals surface area contributed by atoms with Crippen LogP contribution in [0, 0.1) is 12.8 Å². The lowest BCUT2D eigenvalue weighted by atomic mass is 10.1. The van der Waals surface area contributed by atoms with Gasteiger partial charge in [0.15, 0.2) is 0 Å². The molecule has 1 N–H and O–H groups in total. The molecule has 0 aromatic heterocycles. The zero-order valence-electron chi connectivity index (χ0n) is 15.2. The van der Waals surface area contributed by atoms with E-state index in [4.69, 9.17) is 9.73 Å². The van der Waals surface area contributed by atoms with E-state index < -0.39 is 0 Å². The lowest BCUT2D eigenvalue weighted by Gasteiger charge is -2.16. The van der Waals surface area contributed by atoms with Gasteiger partial charge < -0.3 is 10.1 Å². The van der Waals surface area contributed by atoms with Crippen molar-refractivity contribution in [2.75, 3.05) is 12.4 Å². The first-order valence-corrected chi connectivity index (χ1v) is 8.63. The fourth-order valence-electron chi connectivity index (χ4n) is 2.64. The van der Waals surface area contributed by atoms with Gasteiger partial charge in [0.25, 0.3) is 0 Å². The first kappa shape index (κ1) is 18.1. The van der Waals surface area contributed by atoms with E-state index in [0.29, 0.717) is 5.92 Å². The van der Waals surface area contributed by atoms with Crippen LogP contribution in [0.1, 0.15) is 38.7 Å². The third-order valence-corrected chi connectivity index (χ3v) is 4.19. The highest BCUT2D eigenvalue weighted by atomic mass is 16.5. The van der Waals surface area contributed by atoms with Crippen LogP contribution in [-0.2, 0) is 0 Å². The van der Waals surface area contributed by atoms with E-state index in [2.05, 4.69) is 44.0 Å². The molecule has 3 heteroatoms. The Hall–Kier alpha value is -2.29. The van der Waals surface area contributed by atoms with Gasteiger partial charge in [-0.25, -0.2) is 0 Å². The molecule has 128 valence electrons. The van der Waals surface area contributed by atoms with Crippen LogP contribution >= 0.6 is 0 Å². The number of hydrogen-bond acceptors (Lipinski definition) is 3. The van der Waals surface area contributed by atoms with Crippen LogP contribution < -0.4 is 10.1 Å². The maximum Gasteiger partial charge on any atom is 0.123 e. The van der Waals surface area contributed by atoms with Gasteiger partial charge in [-0.3, -0.25) is 4.99 Å². The van der Waals surface area contributed by atoms with Gasteiger partial charge in [-0.2, -0.15) is 0 Å². The number of allylic oxidation sites excluding steroid dienone is 3. The fraction of sp³-hybridized carbons (Fsp3) is 0.381. The number of ether oxygens (including phenoxy) is 1. The van der Waals surface area contributed by atoms with Crippen molar-refractivity contribution in [3.63, 3.8) is 0 Å². The first-order chi connectivity index (χ1) is 11.6. The third-order valence-electron chi connectivity index (χ3n) is 4.19. The van der Waals surface area contributed by atoms with Gasteiger partial charge in [0.2, 0.25) is 0 Å². The van der Waals surface area contributed by atoms with E-state index in [9.17, 15) is 0 Å². The van der Waals surface area contributed by atoms with E-state index >= 15 is 0 Å². The Morgan fingerprint density at radius 2 is 2.17 bits per heavy atom. The third kappa shape index (κ3) is 4.38. The average molecular weight is 324 g/mol. The summed E-state index contributed by atoms with van der Waals surface area (Å²) in [6.45, 7) is 10.1. The lowest BCUT2D eigenvalue weighted by Crippen LogP contribution is -2.06.